The molecule has 1 amide bonds. The van der Waals surface area contributed by atoms with E-state index in [4.69, 9.17) is 16.7 Å². The summed E-state index contributed by atoms with van der Waals surface area (Å²) in [5.74, 6) is 0.922. The number of nitrogens with one attached hydrogen (secondary N) is 1. The normalized spacial score (nSPS) is 19.7. The van der Waals surface area contributed by atoms with Gasteiger partial charge in [-0.15, -0.1) is 5.10 Å². The van der Waals surface area contributed by atoms with Gasteiger partial charge in [0.1, 0.15) is 5.52 Å². The summed E-state index contributed by atoms with van der Waals surface area (Å²) in [4.78, 5) is 15.2. The van der Waals surface area contributed by atoms with Crippen LogP contribution < -0.4 is 10.2 Å². The maximum Gasteiger partial charge on any atom is 0.225 e. The van der Waals surface area contributed by atoms with Crippen molar-refractivity contribution in [2.24, 2.45) is 5.92 Å². The van der Waals surface area contributed by atoms with Crippen molar-refractivity contribution in [3.8, 4) is 5.69 Å². The lowest BCUT2D eigenvalue weighted by molar-refractivity contribution is -0.126. The maximum atomic E-state index is 13.0. The number of anilines is 1. The molecule has 1 saturated heterocycles. The molecule has 1 atom stereocenters. The van der Waals surface area contributed by atoms with E-state index in [0.29, 0.717) is 17.6 Å². The van der Waals surface area contributed by atoms with Crippen LogP contribution in [-0.2, 0) is 4.79 Å². The Bertz CT molecular complexity index is 1150. The molecular weight excluding hydrogens is 436 g/mol. The number of carbonyl (C=O) groups is 1. The number of hydrogen-bond acceptors (Lipinski definition) is 5. The third-order valence-electron chi connectivity index (χ3n) is 7.10. The zero-order valence-electron chi connectivity index (χ0n) is 19.4. The zero-order valence-corrected chi connectivity index (χ0v) is 20.1. The van der Waals surface area contributed by atoms with Crippen molar-refractivity contribution in [3.05, 3.63) is 40.7 Å². The molecule has 5 rings (SSSR count). The molecule has 2 fully saturated rings. The van der Waals surface area contributed by atoms with E-state index < -0.39 is 0 Å². The lowest BCUT2D eigenvalue weighted by Gasteiger charge is -2.34. The Balaban J connectivity index is 1.43. The second kappa shape index (κ2) is 9.29. The Kier molecular flexibility index (Phi) is 6.23. The molecule has 33 heavy (non-hydrogen) atoms. The van der Waals surface area contributed by atoms with E-state index in [0.717, 1.165) is 66.0 Å². The van der Waals surface area contributed by atoms with Crippen LogP contribution in [0.25, 0.3) is 16.6 Å². The van der Waals surface area contributed by atoms with Crippen molar-refractivity contribution in [3.63, 3.8) is 0 Å². The van der Waals surface area contributed by atoms with Crippen LogP contribution in [0.3, 0.4) is 0 Å². The van der Waals surface area contributed by atoms with Crippen LogP contribution in [0.2, 0.25) is 5.02 Å². The predicted molar refractivity (Wildman–Crippen MR) is 131 cm³/mol. The molecule has 1 N–H and O–H groups in total. The number of rotatable bonds is 4. The lowest BCUT2D eigenvalue weighted by atomic mass is 9.93. The van der Waals surface area contributed by atoms with Crippen molar-refractivity contribution in [1.82, 2.24) is 25.3 Å². The first-order chi connectivity index (χ1) is 16.0. The average Bonchev–Trinajstić information content (AvgIpc) is 3.18. The Hall–Kier alpha value is -2.67. The first-order valence-electron chi connectivity index (χ1n) is 12.0. The Morgan fingerprint density at radius 2 is 1.79 bits per heavy atom. The zero-order chi connectivity index (χ0) is 22.9. The summed E-state index contributed by atoms with van der Waals surface area (Å²) in [5.41, 5.74) is 3.66. The van der Waals surface area contributed by atoms with Gasteiger partial charge in [0, 0.05) is 24.2 Å². The summed E-state index contributed by atoms with van der Waals surface area (Å²) in [6.45, 7) is 5.53. The Labute approximate surface area is 199 Å². The number of carbonyl (C=O) groups excluding carboxylic acids is 1. The number of aryl methyl sites for hydroxylation is 2. The first-order valence-corrected chi connectivity index (χ1v) is 12.4. The molecular formula is C25H31ClN6O. The molecule has 1 saturated carbocycles. The molecule has 3 heterocycles. The number of hydrogen-bond donors (Lipinski definition) is 1. The SMILES string of the molecule is Cc1nnc(N2CCC[C@H](C(=O)NC3CCCCC3)C2)c2nn(-c3ccc(Cl)cc3)c(C)c12. The Morgan fingerprint density at radius 3 is 2.55 bits per heavy atom. The van der Waals surface area contributed by atoms with E-state index in [1.54, 1.807) is 0 Å². The van der Waals surface area contributed by atoms with E-state index in [9.17, 15) is 4.79 Å². The Morgan fingerprint density at radius 1 is 1.03 bits per heavy atom. The van der Waals surface area contributed by atoms with E-state index in [1.165, 1.54) is 19.3 Å². The largest absolute Gasteiger partial charge is 0.353 e. The third kappa shape index (κ3) is 4.43. The van der Waals surface area contributed by atoms with Gasteiger partial charge in [-0.1, -0.05) is 30.9 Å². The molecule has 2 aromatic heterocycles. The van der Waals surface area contributed by atoms with Crippen molar-refractivity contribution in [2.75, 3.05) is 18.0 Å². The van der Waals surface area contributed by atoms with E-state index in [2.05, 4.69) is 27.3 Å². The highest BCUT2D eigenvalue weighted by Crippen LogP contribution is 2.32. The van der Waals surface area contributed by atoms with E-state index >= 15 is 0 Å². The van der Waals surface area contributed by atoms with Gasteiger partial charge in [0.15, 0.2) is 5.82 Å². The topological polar surface area (TPSA) is 75.9 Å². The van der Waals surface area contributed by atoms with E-state index in [-0.39, 0.29) is 11.8 Å². The minimum absolute atomic E-state index is 0.0294. The molecule has 1 aromatic carbocycles. The minimum Gasteiger partial charge on any atom is -0.353 e. The first kappa shape index (κ1) is 22.1. The summed E-state index contributed by atoms with van der Waals surface area (Å²) < 4.78 is 1.93. The summed E-state index contributed by atoms with van der Waals surface area (Å²) in [6, 6.07) is 8.00. The predicted octanol–water partition coefficient (Wildman–Crippen LogP) is 4.75. The smallest absolute Gasteiger partial charge is 0.225 e. The average molecular weight is 467 g/mol. The van der Waals surface area contributed by atoms with Gasteiger partial charge in [0.05, 0.1) is 28.4 Å². The fraction of sp³-hybridized carbons (Fsp3) is 0.520. The summed E-state index contributed by atoms with van der Waals surface area (Å²) in [7, 11) is 0. The molecule has 3 aromatic rings. The minimum atomic E-state index is -0.0294. The van der Waals surface area contributed by atoms with Gasteiger partial charge < -0.3 is 10.2 Å². The number of piperidine rings is 1. The molecule has 174 valence electrons. The van der Waals surface area contributed by atoms with Crippen LogP contribution in [0.5, 0.6) is 0 Å². The molecule has 2 aliphatic rings. The quantitative estimate of drug-likeness (QED) is 0.600. The van der Waals surface area contributed by atoms with Gasteiger partial charge in [-0.3, -0.25) is 4.79 Å². The summed E-state index contributed by atoms with van der Waals surface area (Å²) in [5, 5.41) is 19.0. The fourth-order valence-electron chi connectivity index (χ4n) is 5.31. The highest BCUT2D eigenvalue weighted by Gasteiger charge is 2.30. The highest BCUT2D eigenvalue weighted by molar-refractivity contribution is 6.30. The van der Waals surface area contributed by atoms with Crippen molar-refractivity contribution in [1.29, 1.82) is 0 Å². The van der Waals surface area contributed by atoms with Gasteiger partial charge in [0.25, 0.3) is 0 Å². The molecule has 0 radical (unpaired) electrons. The van der Waals surface area contributed by atoms with Gasteiger partial charge in [-0.2, -0.15) is 10.2 Å². The monoisotopic (exact) mass is 466 g/mol. The molecule has 0 unspecified atom stereocenters. The van der Waals surface area contributed by atoms with E-state index in [1.807, 2.05) is 35.9 Å². The highest BCUT2D eigenvalue weighted by atomic mass is 35.5. The standard InChI is InChI=1S/C25H31ClN6O/c1-16-22-17(2)32(21-12-10-19(26)11-13-21)30-23(22)24(29-28-16)31-14-6-7-18(15-31)25(33)27-20-8-4-3-5-9-20/h10-13,18,20H,3-9,14-15H2,1-2H3,(H,27,33)/t18-/m0/s1. The second-order valence-electron chi connectivity index (χ2n) is 9.43. The molecule has 0 spiro atoms. The number of benzene rings is 1. The second-order valence-corrected chi connectivity index (χ2v) is 9.87. The van der Waals surface area contributed by atoms with Crippen LogP contribution in [-0.4, -0.2) is 45.0 Å². The fourth-order valence-corrected chi connectivity index (χ4v) is 5.43. The van der Waals surface area contributed by atoms with Crippen LogP contribution in [0, 0.1) is 19.8 Å². The molecule has 1 aliphatic heterocycles. The molecule has 0 bridgehead atoms. The number of amides is 1. The molecule has 8 heteroatoms. The lowest BCUT2D eigenvalue weighted by Crippen LogP contribution is -2.46. The summed E-state index contributed by atoms with van der Waals surface area (Å²) in [6.07, 6.45) is 7.80. The number of fused-ring (bicyclic) bond motifs is 1. The van der Waals surface area contributed by atoms with Gasteiger partial charge in [-0.05, 0) is 63.8 Å². The van der Waals surface area contributed by atoms with Gasteiger partial charge in [-0.25, -0.2) is 4.68 Å². The van der Waals surface area contributed by atoms with Crippen molar-refractivity contribution < 1.29 is 4.79 Å². The molecule has 7 nitrogen and oxygen atoms in total. The van der Waals surface area contributed by atoms with Crippen LogP contribution in [0.15, 0.2) is 24.3 Å². The van der Waals surface area contributed by atoms with Gasteiger partial charge in [0.2, 0.25) is 5.91 Å². The molecule has 1 aliphatic carbocycles. The number of nitrogens with zero attached hydrogens (tertiary/aromatic N) is 5. The van der Waals surface area contributed by atoms with Crippen LogP contribution in [0.1, 0.15) is 56.3 Å². The van der Waals surface area contributed by atoms with Crippen molar-refractivity contribution >= 4 is 34.2 Å². The van der Waals surface area contributed by atoms with Crippen LogP contribution >= 0.6 is 11.6 Å². The third-order valence-corrected chi connectivity index (χ3v) is 7.35. The number of halogens is 1. The van der Waals surface area contributed by atoms with Crippen LogP contribution in [0.4, 0.5) is 5.82 Å². The maximum absolute atomic E-state index is 13.0. The summed E-state index contributed by atoms with van der Waals surface area (Å²) >= 11 is 6.08. The number of aromatic nitrogens is 4. The van der Waals surface area contributed by atoms with Gasteiger partial charge >= 0.3 is 0 Å². The van der Waals surface area contributed by atoms with Crippen molar-refractivity contribution in [2.45, 2.75) is 64.8 Å².